The van der Waals surface area contributed by atoms with Gasteiger partial charge in [0.05, 0.1) is 11.1 Å². The summed E-state index contributed by atoms with van der Waals surface area (Å²) in [5, 5.41) is 5.09. The van der Waals surface area contributed by atoms with E-state index < -0.39 is 17.5 Å². The highest BCUT2D eigenvalue weighted by Crippen LogP contribution is 2.18. The van der Waals surface area contributed by atoms with Crippen molar-refractivity contribution in [3.8, 4) is 5.69 Å². The van der Waals surface area contributed by atoms with Gasteiger partial charge in [0, 0.05) is 30.6 Å². The molecule has 30 heavy (non-hydrogen) atoms. The standard InChI is InChI=1S/C23H17F2N3O2/c1-27(14-15-11-12-16(24)13-20(15)25)23(30)21-18-9-5-6-10-19(18)22(29)28(26-21)17-7-3-2-4-8-17/h2-13H,14H2,1H3. The van der Waals surface area contributed by atoms with Crippen LogP contribution < -0.4 is 5.56 Å². The number of amides is 1. The van der Waals surface area contributed by atoms with E-state index in [1.165, 1.54) is 22.7 Å². The Morgan fingerprint density at radius 2 is 1.63 bits per heavy atom. The monoisotopic (exact) mass is 405 g/mol. The fourth-order valence-electron chi connectivity index (χ4n) is 3.25. The third-order valence-electron chi connectivity index (χ3n) is 4.78. The predicted octanol–water partition coefficient (Wildman–Crippen LogP) is 3.94. The molecule has 150 valence electrons. The molecule has 0 bridgehead atoms. The van der Waals surface area contributed by atoms with Gasteiger partial charge in [0.25, 0.3) is 11.5 Å². The van der Waals surface area contributed by atoms with Crippen LogP contribution >= 0.6 is 0 Å². The molecule has 0 atom stereocenters. The topological polar surface area (TPSA) is 55.2 Å². The van der Waals surface area contributed by atoms with Gasteiger partial charge < -0.3 is 4.90 Å². The summed E-state index contributed by atoms with van der Waals surface area (Å²) >= 11 is 0. The third kappa shape index (κ3) is 3.57. The van der Waals surface area contributed by atoms with E-state index >= 15 is 0 Å². The maximum atomic E-state index is 14.0. The number of aromatic nitrogens is 2. The van der Waals surface area contributed by atoms with E-state index in [0.717, 1.165) is 12.1 Å². The lowest BCUT2D eigenvalue weighted by Crippen LogP contribution is -2.31. The van der Waals surface area contributed by atoms with Crippen molar-refractivity contribution in [1.82, 2.24) is 14.7 Å². The minimum absolute atomic E-state index is 0.0686. The fourth-order valence-corrected chi connectivity index (χ4v) is 3.25. The average Bonchev–Trinajstić information content (AvgIpc) is 2.76. The molecule has 1 aromatic heterocycles. The summed E-state index contributed by atoms with van der Waals surface area (Å²) < 4.78 is 28.4. The minimum atomic E-state index is -0.735. The number of hydrogen-bond donors (Lipinski definition) is 0. The van der Waals surface area contributed by atoms with Crippen molar-refractivity contribution in [2.75, 3.05) is 7.05 Å². The van der Waals surface area contributed by atoms with Crippen LogP contribution in [0.15, 0.2) is 77.6 Å². The first-order chi connectivity index (χ1) is 14.5. The molecule has 0 aliphatic carbocycles. The quantitative estimate of drug-likeness (QED) is 0.517. The lowest BCUT2D eigenvalue weighted by molar-refractivity contribution is 0.0778. The van der Waals surface area contributed by atoms with Gasteiger partial charge in [-0.1, -0.05) is 42.5 Å². The molecule has 5 nitrogen and oxygen atoms in total. The van der Waals surface area contributed by atoms with Crippen LogP contribution in [-0.2, 0) is 6.54 Å². The Hall–Kier alpha value is -3.87. The van der Waals surface area contributed by atoms with Crippen molar-refractivity contribution in [3.63, 3.8) is 0 Å². The number of benzene rings is 3. The lowest BCUT2D eigenvalue weighted by atomic mass is 10.1. The highest BCUT2D eigenvalue weighted by Gasteiger charge is 2.21. The van der Waals surface area contributed by atoms with Crippen LogP contribution in [0.25, 0.3) is 16.5 Å². The largest absolute Gasteiger partial charge is 0.336 e. The van der Waals surface area contributed by atoms with Crippen molar-refractivity contribution < 1.29 is 13.6 Å². The summed E-state index contributed by atoms with van der Waals surface area (Å²) in [7, 11) is 1.50. The number of nitrogens with zero attached hydrogens (tertiary/aromatic N) is 3. The Bertz CT molecular complexity index is 1300. The van der Waals surface area contributed by atoms with Crippen LogP contribution in [-0.4, -0.2) is 27.6 Å². The second kappa shape index (κ2) is 7.87. The third-order valence-corrected chi connectivity index (χ3v) is 4.78. The van der Waals surface area contributed by atoms with Crippen molar-refractivity contribution >= 4 is 16.7 Å². The van der Waals surface area contributed by atoms with Crippen molar-refractivity contribution in [2.24, 2.45) is 0 Å². The van der Waals surface area contributed by atoms with Gasteiger partial charge in [-0.2, -0.15) is 9.78 Å². The number of rotatable bonds is 4. The van der Waals surface area contributed by atoms with Crippen LogP contribution in [0.4, 0.5) is 8.78 Å². The normalized spacial score (nSPS) is 10.9. The van der Waals surface area contributed by atoms with E-state index in [1.807, 2.05) is 6.07 Å². The van der Waals surface area contributed by atoms with Crippen molar-refractivity contribution in [2.45, 2.75) is 6.54 Å². The Morgan fingerprint density at radius 1 is 0.967 bits per heavy atom. The van der Waals surface area contributed by atoms with Gasteiger partial charge in [0.2, 0.25) is 0 Å². The number of fused-ring (bicyclic) bond motifs is 1. The van der Waals surface area contributed by atoms with Crippen LogP contribution in [0.1, 0.15) is 16.1 Å². The summed E-state index contributed by atoms with van der Waals surface area (Å²) in [6, 6.07) is 18.7. The molecule has 7 heteroatoms. The van der Waals surface area contributed by atoms with Crippen molar-refractivity contribution in [3.05, 3.63) is 106 Å². The van der Waals surface area contributed by atoms with E-state index in [-0.39, 0.29) is 23.4 Å². The van der Waals surface area contributed by atoms with Crippen LogP contribution in [0, 0.1) is 11.6 Å². The summed E-state index contributed by atoms with van der Waals surface area (Å²) in [6.07, 6.45) is 0. The molecule has 0 saturated carbocycles. The number of para-hydroxylation sites is 1. The molecule has 0 aliphatic heterocycles. The van der Waals surface area contributed by atoms with Gasteiger partial charge in [-0.05, 0) is 24.3 Å². The zero-order valence-electron chi connectivity index (χ0n) is 16.0. The maximum absolute atomic E-state index is 14.0. The summed E-state index contributed by atoms with van der Waals surface area (Å²) in [5.41, 5.74) is 0.419. The highest BCUT2D eigenvalue weighted by molar-refractivity contribution is 6.04. The van der Waals surface area contributed by atoms with Gasteiger partial charge in [0.1, 0.15) is 11.6 Å². The van der Waals surface area contributed by atoms with Gasteiger partial charge in [0.15, 0.2) is 5.69 Å². The van der Waals surface area contributed by atoms with Gasteiger partial charge in [-0.15, -0.1) is 0 Å². The average molecular weight is 405 g/mol. The molecule has 0 saturated heterocycles. The van der Waals surface area contributed by atoms with E-state index in [2.05, 4.69) is 5.10 Å². The number of hydrogen-bond acceptors (Lipinski definition) is 3. The molecule has 3 aromatic carbocycles. The molecular weight excluding hydrogens is 388 g/mol. The second-order valence-corrected chi connectivity index (χ2v) is 6.84. The molecule has 0 spiro atoms. The minimum Gasteiger partial charge on any atom is -0.336 e. The SMILES string of the molecule is CN(Cc1ccc(F)cc1F)C(=O)c1nn(-c2ccccc2)c(=O)c2ccccc12. The highest BCUT2D eigenvalue weighted by atomic mass is 19.1. The van der Waals surface area contributed by atoms with Gasteiger partial charge in [-0.25, -0.2) is 8.78 Å². The van der Waals surface area contributed by atoms with Crippen LogP contribution in [0.5, 0.6) is 0 Å². The zero-order valence-corrected chi connectivity index (χ0v) is 16.0. The molecule has 1 heterocycles. The maximum Gasteiger partial charge on any atom is 0.279 e. The molecule has 0 aliphatic rings. The summed E-state index contributed by atoms with van der Waals surface area (Å²) in [6.45, 7) is -0.0780. The van der Waals surface area contributed by atoms with Gasteiger partial charge >= 0.3 is 0 Å². The molecule has 1 amide bonds. The molecule has 4 aromatic rings. The van der Waals surface area contributed by atoms with Crippen LogP contribution in [0.3, 0.4) is 0 Å². The van der Waals surface area contributed by atoms with Crippen molar-refractivity contribution in [1.29, 1.82) is 0 Å². The Kier molecular flexibility index (Phi) is 5.10. The van der Waals surface area contributed by atoms with Gasteiger partial charge in [-0.3, -0.25) is 9.59 Å². The Morgan fingerprint density at radius 3 is 2.33 bits per heavy atom. The van der Waals surface area contributed by atoms with E-state index in [9.17, 15) is 18.4 Å². The first-order valence-corrected chi connectivity index (χ1v) is 9.22. The van der Waals surface area contributed by atoms with E-state index in [1.54, 1.807) is 48.5 Å². The Balaban J connectivity index is 1.80. The molecular formula is C23H17F2N3O2. The molecule has 0 radical (unpaired) electrons. The number of carbonyl (C=O) groups excluding carboxylic acids is 1. The summed E-state index contributed by atoms with van der Waals surface area (Å²) in [5.74, 6) is -1.91. The Labute approximate surface area is 170 Å². The molecule has 0 fully saturated rings. The second-order valence-electron chi connectivity index (χ2n) is 6.84. The van der Waals surface area contributed by atoms with E-state index in [0.29, 0.717) is 16.5 Å². The van der Waals surface area contributed by atoms with E-state index in [4.69, 9.17) is 0 Å². The number of halogens is 2. The zero-order chi connectivity index (χ0) is 21.3. The molecule has 0 N–H and O–H groups in total. The fraction of sp³-hybridized carbons (Fsp3) is 0.0870. The number of carbonyl (C=O) groups is 1. The molecule has 4 rings (SSSR count). The lowest BCUT2D eigenvalue weighted by Gasteiger charge is -2.19. The molecule has 0 unspecified atom stereocenters. The first-order valence-electron chi connectivity index (χ1n) is 9.22. The first kappa shape index (κ1) is 19.4. The summed E-state index contributed by atoms with van der Waals surface area (Å²) in [4.78, 5) is 27.4. The smallest absolute Gasteiger partial charge is 0.279 e. The predicted molar refractivity (Wildman–Crippen MR) is 109 cm³/mol. The van der Waals surface area contributed by atoms with Crippen LogP contribution in [0.2, 0.25) is 0 Å².